The summed E-state index contributed by atoms with van der Waals surface area (Å²) < 4.78 is 13.0. The summed E-state index contributed by atoms with van der Waals surface area (Å²) in [7, 11) is 0. The van der Waals surface area contributed by atoms with Gasteiger partial charge in [0, 0.05) is 4.88 Å². The maximum Gasteiger partial charge on any atom is 0.270 e. The van der Waals surface area contributed by atoms with E-state index in [2.05, 4.69) is 25.9 Å². The van der Waals surface area contributed by atoms with Crippen LogP contribution in [0.15, 0.2) is 30.3 Å². The van der Waals surface area contributed by atoms with Gasteiger partial charge in [0.25, 0.3) is 11.9 Å². The fourth-order valence-corrected chi connectivity index (χ4v) is 2.83. The van der Waals surface area contributed by atoms with Gasteiger partial charge in [-0.1, -0.05) is 17.2 Å². The van der Waals surface area contributed by atoms with Crippen molar-refractivity contribution in [3.63, 3.8) is 0 Å². The number of thiophene rings is 1. The van der Waals surface area contributed by atoms with Crippen molar-refractivity contribution >= 4 is 23.2 Å². The number of anilines is 1. The van der Waals surface area contributed by atoms with Crippen molar-refractivity contribution in [2.24, 2.45) is 0 Å². The third kappa shape index (κ3) is 2.79. The molecule has 0 saturated heterocycles. The maximum absolute atomic E-state index is 13.0. The molecule has 2 heterocycles. The molecular formula is C13H10FN5OS. The van der Waals surface area contributed by atoms with Gasteiger partial charge in [-0.05, 0) is 41.5 Å². The van der Waals surface area contributed by atoms with Crippen LogP contribution in [0, 0.1) is 12.7 Å². The van der Waals surface area contributed by atoms with E-state index in [-0.39, 0.29) is 17.7 Å². The van der Waals surface area contributed by atoms with E-state index in [9.17, 15) is 9.18 Å². The van der Waals surface area contributed by atoms with E-state index in [1.54, 1.807) is 18.2 Å². The first-order valence-corrected chi connectivity index (χ1v) is 6.86. The molecule has 0 aliphatic carbocycles. The van der Waals surface area contributed by atoms with Gasteiger partial charge in [-0.25, -0.2) is 4.39 Å². The molecule has 0 spiro atoms. The summed E-state index contributed by atoms with van der Waals surface area (Å²) in [6.07, 6.45) is 0. The lowest BCUT2D eigenvalue weighted by molar-refractivity contribution is 0.102. The van der Waals surface area contributed by atoms with Crippen LogP contribution in [-0.4, -0.2) is 26.5 Å². The first-order chi connectivity index (χ1) is 10.1. The Hall–Kier alpha value is -2.61. The third-order valence-electron chi connectivity index (χ3n) is 2.87. The molecule has 0 saturated carbocycles. The van der Waals surface area contributed by atoms with Crippen molar-refractivity contribution < 1.29 is 9.18 Å². The highest BCUT2D eigenvalue weighted by Crippen LogP contribution is 2.31. The summed E-state index contributed by atoms with van der Waals surface area (Å²) in [5, 5.41) is 15.5. The standard InChI is InChI=1S/C13H10FN5OS/c1-7-10(8-2-4-9(14)5-3-8)6-11(21-7)12(20)15-13-16-18-19-17-13/h2-6H,1H3,(H2,15,16,17,18,19,20). The van der Waals surface area contributed by atoms with Crippen LogP contribution in [0.1, 0.15) is 14.5 Å². The second-order valence-electron chi connectivity index (χ2n) is 4.28. The molecule has 0 fully saturated rings. The van der Waals surface area contributed by atoms with E-state index in [4.69, 9.17) is 0 Å². The van der Waals surface area contributed by atoms with Crippen LogP contribution in [-0.2, 0) is 0 Å². The summed E-state index contributed by atoms with van der Waals surface area (Å²) in [5.41, 5.74) is 1.77. The lowest BCUT2D eigenvalue weighted by Gasteiger charge is -1.99. The zero-order valence-electron chi connectivity index (χ0n) is 10.9. The van der Waals surface area contributed by atoms with Crippen molar-refractivity contribution in [3.8, 4) is 11.1 Å². The van der Waals surface area contributed by atoms with Crippen molar-refractivity contribution in [1.29, 1.82) is 0 Å². The summed E-state index contributed by atoms with van der Waals surface area (Å²) >= 11 is 1.35. The van der Waals surface area contributed by atoms with E-state index in [0.717, 1.165) is 16.0 Å². The molecule has 0 radical (unpaired) electrons. The smallest absolute Gasteiger partial charge is 0.270 e. The molecule has 1 amide bonds. The molecule has 0 aliphatic heterocycles. The van der Waals surface area contributed by atoms with Gasteiger partial charge in [0.1, 0.15) is 5.82 Å². The van der Waals surface area contributed by atoms with Gasteiger partial charge in [0.15, 0.2) is 0 Å². The van der Waals surface area contributed by atoms with Crippen molar-refractivity contribution in [2.75, 3.05) is 5.32 Å². The number of nitrogens with one attached hydrogen (secondary N) is 2. The average Bonchev–Trinajstić information content (AvgIpc) is 3.09. The van der Waals surface area contributed by atoms with Crippen LogP contribution in [0.4, 0.5) is 10.3 Å². The Labute approximate surface area is 123 Å². The first kappa shape index (κ1) is 13.4. The Kier molecular flexibility index (Phi) is 3.44. The monoisotopic (exact) mass is 303 g/mol. The SMILES string of the molecule is Cc1sc(C(=O)Nc2nn[nH]n2)cc1-c1ccc(F)cc1. The molecule has 0 unspecified atom stereocenters. The van der Waals surface area contributed by atoms with Gasteiger partial charge in [0.05, 0.1) is 4.88 Å². The van der Waals surface area contributed by atoms with Gasteiger partial charge in [-0.3, -0.25) is 10.1 Å². The second-order valence-corrected chi connectivity index (χ2v) is 5.53. The minimum Gasteiger partial charge on any atom is -0.287 e. The number of nitrogens with zero attached hydrogens (tertiary/aromatic N) is 3. The maximum atomic E-state index is 13.0. The van der Waals surface area contributed by atoms with Crippen molar-refractivity contribution in [2.45, 2.75) is 6.92 Å². The highest BCUT2D eigenvalue weighted by atomic mass is 32.1. The Morgan fingerprint density at radius 3 is 2.76 bits per heavy atom. The van der Waals surface area contributed by atoms with E-state index in [1.807, 2.05) is 6.92 Å². The Morgan fingerprint density at radius 1 is 1.33 bits per heavy atom. The number of hydrogen-bond donors (Lipinski definition) is 2. The fourth-order valence-electron chi connectivity index (χ4n) is 1.89. The summed E-state index contributed by atoms with van der Waals surface area (Å²) in [4.78, 5) is 13.6. The molecule has 8 heteroatoms. The lowest BCUT2D eigenvalue weighted by Crippen LogP contribution is -2.11. The molecule has 6 nitrogen and oxygen atoms in total. The predicted molar refractivity (Wildman–Crippen MR) is 76.6 cm³/mol. The molecule has 2 aromatic heterocycles. The quantitative estimate of drug-likeness (QED) is 0.779. The van der Waals surface area contributed by atoms with Crippen LogP contribution < -0.4 is 5.32 Å². The number of carbonyl (C=O) groups excluding carboxylic acids is 1. The van der Waals surface area contributed by atoms with Gasteiger partial charge in [0.2, 0.25) is 0 Å². The minimum atomic E-state index is -0.308. The van der Waals surface area contributed by atoms with Crippen LogP contribution in [0.25, 0.3) is 11.1 Å². The van der Waals surface area contributed by atoms with Crippen LogP contribution in [0.3, 0.4) is 0 Å². The molecule has 3 aromatic rings. The molecule has 3 rings (SSSR count). The number of halogens is 1. The Bertz CT molecular complexity index is 766. The molecular weight excluding hydrogens is 293 g/mol. The number of aromatic amines is 1. The molecule has 0 bridgehead atoms. The van der Waals surface area contributed by atoms with Gasteiger partial charge in [-0.15, -0.1) is 16.4 Å². The number of aromatic nitrogens is 4. The molecule has 2 N–H and O–H groups in total. The average molecular weight is 303 g/mol. The first-order valence-electron chi connectivity index (χ1n) is 6.04. The topological polar surface area (TPSA) is 83.6 Å². The summed E-state index contributed by atoms with van der Waals surface area (Å²) in [6, 6.07) is 7.93. The summed E-state index contributed by atoms with van der Waals surface area (Å²) in [6.45, 7) is 1.91. The summed E-state index contributed by atoms with van der Waals surface area (Å²) in [5.74, 6) is -0.478. The van der Waals surface area contributed by atoms with Crippen LogP contribution >= 0.6 is 11.3 Å². The van der Waals surface area contributed by atoms with E-state index in [0.29, 0.717) is 4.88 Å². The van der Waals surface area contributed by atoms with E-state index < -0.39 is 0 Å². The zero-order chi connectivity index (χ0) is 14.8. The zero-order valence-corrected chi connectivity index (χ0v) is 11.7. The highest BCUT2D eigenvalue weighted by molar-refractivity contribution is 7.14. The second kappa shape index (κ2) is 5.41. The minimum absolute atomic E-state index is 0.120. The predicted octanol–water partition coefficient (Wildman–Crippen LogP) is 2.63. The van der Waals surface area contributed by atoms with Crippen LogP contribution in [0.2, 0.25) is 0 Å². The lowest BCUT2D eigenvalue weighted by atomic mass is 10.1. The van der Waals surface area contributed by atoms with E-state index >= 15 is 0 Å². The fraction of sp³-hybridized carbons (Fsp3) is 0.0769. The number of benzene rings is 1. The van der Waals surface area contributed by atoms with Crippen LogP contribution in [0.5, 0.6) is 0 Å². The van der Waals surface area contributed by atoms with Gasteiger partial charge < -0.3 is 0 Å². The number of aryl methyl sites for hydroxylation is 1. The van der Waals surface area contributed by atoms with Gasteiger partial charge >= 0.3 is 0 Å². The third-order valence-corrected chi connectivity index (χ3v) is 3.92. The highest BCUT2D eigenvalue weighted by Gasteiger charge is 2.15. The number of carbonyl (C=O) groups is 1. The molecule has 0 aliphatic rings. The van der Waals surface area contributed by atoms with Gasteiger partial charge in [-0.2, -0.15) is 5.21 Å². The number of H-pyrrole nitrogens is 1. The molecule has 1 aromatic carbocycles. The normalized spacial score (nSPS) is 10.6. The number of hydrogen-bond acceptors (Lipinski definition) is 5. The Balaban J connectivity index is 1.87. The number of amides is 1. The van der Waals surface area contributed by atoms with E-state index in [1.165, 1.54) is 23.5 Å². The molecule has 0 atom stereocenters. The molecule has 21 heavy (non-hydrogen) atoms. The number of rotatable bonds is 3. The number of tetrazole rings is 1. The van der Waals surface area contributed by atoms with Crippen molar-refractivity contribution in [3.05, 3.63) is 45.9 Å². The Morgan fingerprint density at radius 2 is 2.10 bits per heavy atom. The van der Waals surface area contributed by atoms with Crippen molar-refractivity contribution in [1.82, 2.24) is 20.6 Å². The molecule has 106 valence electrons. The largest absolute Gasteiger partial charge is 0.287 e.